The molecule has 20 heterocycles. The van der Waals surface area contributed by atoms with Crippen molar-refractivity contribution in [1.82, 2.24) is 0 Å². The van der Waals surface area contributed by atoms with Crippen molar-refractivity contribution in [1.29, 1.82) is 0 Å². The van der Waals surface area contributed by atoms with E-state index < -0.39 is 0 Å². The molecule has 0 saturated heterocycles. The van der Waals surface area contributed by atoms with E-state index in [0.717, 1.165) is 0 Å². The number of thiophene rings is 16. The largest absolute Gasteiger partial charge is 0.145 e. The summed E-state index contributed by atoms with van der Waals surface area (Å²) < 4.78 is 17.6. The molecule has 20 aromatic heterocycles. The van der Waals surface area contributed by atoms with Crippen LogP contribution in [0.5, 0.6) is 0 Å². The molecule has 20 heteroatoms. The minimum atomic E-state index is 0.428. The average Bonchev–Trinajstić information content (AvgIpc) is 1.60. The molecule has 150 heavy (non-hydrogen) atoms. The number of aryl methyl sites for hydroxylation is 22. The summed E-state index contributed by atoms with van der Waals surface area (Å²) in [6, 6.07) is 0. The molecule has 0 fully saturated rings. The summed E-state index contributed by atoms with van der Waals surface area (Å²) in [6.07, 6.45) is 0. The fourth-order valence-corrected chi connectivity index (χ4v) is 51.3. The van der Waals surface area contributed by atoms with Gasteiger partial charge in [-0.3, -0.25) is 0 Å². The molecule has 802 valence electrons. The van der Waals surface area contributed by atoms with Crippen molar-refractivity contribution in [3.63, 3.8) is 0 Å². The Bertz CT molecular complexity index is 7670. The molecule has 0 saturated carbocycles. The summed E-state index contributed by atoms with van der Waals surface area (Å²) in [4.78, 5) is 41.2. The van der Waals surface area contributed by atoms with Gasteiger partial charge in [-0.1, -0.05) is 0 Å². The van der Waals surface area contributed by atoms with Gasteiger partial charge in [0, 0.05) is 132 Å². The van der Waals surface area contributed by atoms with Gasteiger partial charge in [-0.25, -0.2) is 0 Å². The molecule has 0 unspecified atom stereocenters. The number of hydrogen-bond donors (Lipinski definition) is 0. The Morgan fingerprint density at radius 1 is 0.100 bits per heavy atom. The van der Waals surface area contributed by atoms with Crippen LogP contribution in [0.3, 0.4) is 0 Å². The second kappa shape index (κ2) is 50.3. The zero-order valence-electron chi connectivity index (χ0n) is 100. The minimum Gasteiger partial charge on any atom is -0.145 e. The van der Waals surface area contributed by atoms with Crippen molar-refractivity contribution in [3.8, 4) is 86.0 Å². The van der Waals surface area contributed by atoms with Crippen LogP contribution in [0.4, 0.5) is 0 Å². The normalized spacial score (nSPS) is 11.3. The molecule has 0 bridgehead atoms. The molecular formula is C130H162S16Se4. The molecule has 0 aliphatic rings. The summed E-state index contributed by atoms with van der Waals surface area (Å²) in [5.74, 6) is 0. The third-order valence-electron chi connectivity index (χ3n) is 33.3. The fourth-order valence-electron chi connectivity index (χ4n) is 18.4. The van der Waals surface area contributed by atoms with E-state index in [4.69, 9.17) is 0 Å². The van der Waals surface area contributed by atoms with Gasteiger partial charge < -0.3 is 0 Å². The molecule has 0 aliphatic heterocycles. The van der Waals surface area contributed by atoms with Crippen molar-refractivity contribution in [2.75, 3.05) is 0 Å². The minimum absolute atomic E-state index is 0.428. The van der Waals surface area contributed by atoms with Crippen molar-refractivity contribution in [2.24, 2.45) is 0 Å². The predicted octanol–water partition coefficient (Wildman–Crippen LogP) is 46.4. The second-order valence-corrected chi connectivity index (χ2v) is 71.5. The van der Waals surface area contributed by atoms with Crippen molar-refractivity contribution < 1.29 is 0 Å². The Morgan fingerprint density at radius 2 is 0.253 bits per heavy atom. The first-order valence-corrected chi connectivity index (χ1v) is 71.8. The van der Waals surface area contributed by atoms with Crippen LogP contribution in [-0.4, -0.2) is 58.0 Å². The monoisotopic (exact) mass is 2550 g/mol. The third-order valence-corrected chi connectivity index (χ3v) is 67.9. The van der Waals surface area contributed by atoms with Crippen LogP contribution < -0.4 is 0 Å². The van der Waals surface area contributed by atoms with Gasteiger partial charge in [0.25, 0.3) is 0 Å². The quantitative estimate of drug-likeness (QED) is 0.126. The van der Waals surface area contributed by atoms with E-state index >= 15 is 0 Å². The molecule has 0 spiro atoms. The molecule has 20 aromatic rings. The summed E-state index contributed by atoms with van der Waals surface area (Å²) >= 11 is 33.6. The third kappa shape index (κ3) is 24.8. The van der Waals surface area contributed by atoms with E-state index in [9.17, 15) is 0 Å². The van der Waals surface area contributed by atoms with Crippen molar-refractivity contribution >= 4 is 258 Å². The zero-order chi connectivity index (χ0) is 112. The number of rotatable bonds is 9. The van der Waals surface area contributed by atoms with Crippen molar-refractivity contribution in [2.45, 2.75) is 374 Å². The molecule has 0 N–H and O–H groups in total. The SMILES string of the molecule is Cc1[se]c(-c2[se]c(C)c(C)c2C)c(C)c1C.Cc1[se]c(C)c(C)c1C.Cc1sc(-c2[se]c(-c3sc(C)c(C)c3C)c(C)c2C)c(C)c1C.Cc1sc(-c2sc(-c3sc(-c4sc(C)c(C)c4C)c(C)c3C)c(C)c2C)c(C)c1C.Cc1sc(-c2sc(-c3sc(C)c(C)c3C)c(C)c2C)c(C)c1C.Cc1sc(-c2sc(C)c(C)c2C)c(C)c1C.Cc1sc(C)c(C)c1C.Cc1sc2c(C)c(C)sc2c1C.Cc1sc2sc(C)c(C)c2c1C. The molecule has 0 nitrogen and oxygen atoms in total. The molecular weight excluding hydrogens is 2390 g/mol. The molecule has 0 radical (unpaired) electrons. The summed E-state index contributed by atoms with van der Waals surface area (Å²) in [5, 5.41) is 1.51. The zero-order valence-corrected chi connectivity index (χ0v) is 120. The van der Waals surface area contributed by atoms with Crippen LogP contribution >= 0.6 is 181 Å². The van der Waals surface area contributed by atoms with E-state index in [2.05, 4.69) is 374 Å². The summed E-state index contributed by atoms with van der Waals surface area (Å²) in [5.41, 5.74) is 53.3. The Hall–Kier alpha value is -4.28. The van der Waals surface area contributed by atoms with E-state index in [1.54, 1.807) is 57.8 Å². The molecule has 0 atom stereocenters. The maximum absolute atomic E-state index is 2.33. The molecule has 20 rings (SSSR count). The van der Waals surface area contributed by atoms with Crippen molar-refractivity contribution in [3.05, 3.63) is 286 Å². The smallest absolute Gasteiger partial charge is 0.0876 e. The van der Waals surface area contributed by atoms with Gasteiger partial charge in [-0.15, -0.1) is 159 Å². The van der Waals surface area contributed by atoms with E-state index in [-0.39, 0.29) is 0 Å². The number of fused-ring (bicyclic) bond motifs is 2. The van der Waals surface area contributed by atoms with Gasteiger partial charge in [-0.2, -0.15) is 0 Å². The van der Waals surface area contributed by atoms with E-state index in [1.165, 1.54) is 333 Å². The maximum Gasteiger partial charge on any atom is 0.0876 e. The molecule has 0 aliphatic carbocycles. The Morgan fingerprint density at radius 3 is 0.413 bits per heavy atom. The van der Waals surface area contributed by atoms with E-state index in [0.29, 0.717) is 58.0 Å². The first-order valence-electron chi connectivity index (χ1n) is 51.9. The van der Waals surface area contributed by atoms with Crippen LogP contribution in [0.2, 0.25) is 0 Å². The van der Waals surface area contributed by atoms with Crippen LogP contribution in [0, 0.1) is 374 Å². The van der Waals surface area contributed by atoms with Gasteiger partial charge >= 0.3 is 327 Å². The van der Waals surface area contributed by atoms with Crippen LogP contribution in [0.15, 0.2) is 0 Å². The fraction of sp³-hybridized carbons (Fsp3) is 0.415. The summed E-state index contributed by atoms with van der Waals surface area (Å²) in [6.45, 7) is 122. The first-order chi connectivity index (χ1) is 69.8. The molecule has 0 aromatic carbocycles. The van der Waals surface area contributed by atoms with Gasteiger partial charge in [0.15, 0.2) is 0 Å². The van der Waals surface area contributed by atoms with Gasteiger partial charge in [-0.05, 0) is 383 Å². The van der Waals surface area contributed by atoms with Crippen LogP contribution in [-0.2, 0) is 0 Å². The van der Waals surface area contributed by atoms with Gasteiger partial charge in [0.2, 0.25) is 0 Å². The first kappa shape index (κ1) is 124. The molecule has 0 amide bonds. The Balaban J connectivity index is 0.000000153. The standard InChI is InChI=1S/C26H30S4.C20H24S3.C20H24S2Se.C14H18S2.C14H18Se2.2C10H12S2.C8H12S.C8H12Se/c1-11-13(3)21(27-19(11)9)23-15(5)17(7)25(29-23)26-18(8)16(6)24(30-26)22-14(4)12(2)20(10)28-22;2*1-9-11(3)17(21-15(9)7)19-13(5)14(6)20(23-19)18-12(4)10(2)16(8)22-18;2*1-7-9(3)13(15-11(7)5)14-10(4)8(2)12(6)16-14;1-5-7(3)11-10-6(2)8(4)12-9(5)10;1-5-7(3)11-10-9(5)6(2)8(4)12-10;2*1-5-6(2)8(4)9-7(5)3/h1-10H3;2*1-8H3;2*1-6H3;2*1-4H3;2*1-4H3. The van der Waals surface area contributed by atoms with E-state index in [1.807, 2.05) is 181 Å². The Labute approximate surface area is 992 Å². The second-order valence-electron chi connectivity index (χ2n) is 41.8. The predicted molar refractivity (Wildman–Crippen MR) is 712 cm³/mol. The van der Waals surface area contributed by atoms with Crippen LogP contribution in [0.25, 0.3) is 105 Å². The number of hydrogen-bond acceptors (Lipinski definition) is 16. The van der Waals surface area contributed by atoms with Crippen LogP contribution in [0.1, 0.15) is 286 Å². The van der Waals surface area contributed by atoms with Gasteiger partial charge in [0.05, 0.1) is 4.01 Å². The average molecular weight is 2550 g/mol. The summed E-state index contributed by atoms with van der Waals surface area (Å²) in [7, 11) is 0. The van der Waals surface area contributed by atoms with Gasteiger partial charge in [0.1, 0.15) is 0 Å². The topological polar surface area (TPSA) is 0 Å². The maximum atomic E-state index is 2.33. The Kier molecular flexibility index (Phi) is 41.7.